The molecule has 0 spiro atoms. The standard InChI is InChI=1S/C16H26N2O/c1-6-7-17-16(19)10-18-14(5)15-9-12(3)11(2)8-13(15)4/h8-9,14,18H,6-7,10H2,1-5H3,(H,17,19). The summed E-state index contributed by atoms with van der Waals surface area (Å²) in [6.07, 6.45) is 0.970. The van der Waals surface area contributed by atoms with Crippen LogP contribution in [-0.4, -0.2) is 19.0 Å². The average molecular weight is 262 g/mol. The molecule has 1 atom stereocenters. The number of amides is 1. The largest absolute Gasteiger partial charge is 0.355 e. The van der Waals surface area contributed by atoms with Gasteiger partial charge in [0.05, 0.1) is 6.54 Å². The Labute approximate surface area is 116 Å². The molecule has 3 nitrogen and oxygen atoms in total. The molecular formula is C16H26N2O. The van der Waals surface area contributed by atoms with Gasteiger partial charge in [0.2, 0.25) is 5.91 Å². The predicted molar refractivity (Wildman–Crippen MR) is 80.4 cm³/mol. The SMILES string of the molecule is CCCNC(=O)CNC(C)c1cc(C)c(C)cc1C. The molecule has 1 amide bonds. The Kier molecular flexibility index (Phi) is 6.03. The third-order valence-corrected chi connectivity index (χ3v) is 3.49. The number of carbonyl (C=O) groups excluding carboxylic acids is 1. The van der Waals surface area contributed by atoms with Gasteiger partial charge in [-0.3, -0.25) is 4.79 Å². The Bertz CT molecular complexity index is 441. The molecule has 0 aliphatic heterocycles. The minimum absolute atomic E-state index is 0.0650. The lowest BCUT2D eigenvalue weighted by molar-refractivity contribution is -0.120. The van der Waals surface area contributed by atoms with E-state index in [-0.39, 0.29) is 11.9 Å². The van der Waals surface area contributed by atoms with Gasteiger partial charge in [-0.15, -0.1) is 0 Å². The molecule has 0 radical (unpaired) electrons. The fourth-order valence-corrected chi connectivity index (χ4v) is 2.13. The van der Waals surface area contributed by atoms with Crippen LogP contribution in [0.25, 0.3) is 0 Å². The zero-order chi connectivity index (χ0) is 14.4. The maximum atomic E-state index is 11.6. The molecule has 2 N–H and O–H groups in total. The van der Waals surface area contributed by atoms with Gasteiger partial charge in [0, 0.05) is 12.6 Å². The molecule has 0 fully saturated rings. The van der Waals surface area contributed by atoms with E-state index in [1.54, 1.807) is 0 Å². The summed E-state index contributed by atoms with van der Waals surface area (Å²) in [5.74, 6) is 0.0650. The van der Waals surface area contributed by atoms with Crippen molar-refractivity contribution in [1.29, 1.82) is 0 Å². The van der Waals surface area contributed by atoms with Gasteiger partial charge in [-0.2, -0.15) is 0 Å². The second-order valence-corrected chi connectivity index (χ2v) is 5.25. The number of hydrogen-bond donors (Lipinski definition) is 2. The van der Waals surface area contributed by atoms with Gasteiger partial charge < -0.3 is 10.6 Å². The Morgan fingerprint density at radius 2 is 1.79 bits per heavy atom. The molecule has 0 aliphatic rings. The third-order valence-electron chi connectivity index (χ3n) is 3.49. The normalized spacial score (nSPS) is 12.3. The molecule has 0 bridgehead atoms. The predicted octanol–water partition coefficient (Wildman–Crippen LogP) is 2.79. The van der Waals surface area contributed by atoms with Crippen LogP contribution in [0.4, 0.5) is 0 Å². The molecule has 1 unspecified atom stereocenters. The first kappa shape index (κ1) is 15.7. The maximum absolute atomic E-state index is 11.6. The highest BCUT2D eigenvalue weighted by molar-refractivity contribution is 5.78. The summed E-state index contributed by atoms with van der Waals surface area (Å²) in [4.78, 5) is 11.6. The lowest BCUT2D eigenvalue weighted by atomic mass is 9.96. The van der Waals surface area contributed by atoms with E-state index in [0.717, 1.165) is 13.0 Å². The minimum atomic E-state index is 0.0650. The van der Waals surface area contributed by atoms with Crippen LogP contribution in [-0.2, 0) is 4.79 Å². The summed E-state index contributed by atoms with van der Waals surface area (Å²) < 4.78 is 0. The number of carbonyl (C=O) groups is 1. The first-order valence-electron chi connectivity index (χ1n) is 7.03. The molecule has 0 aromatic heterocycles. The van der Waals surface area contributed by atoms with Crippen LogP contribution in [0.15, 0.2) is 12.1 Å². The van der Waals surface area contributed by atoms with Crippen LogP contribution >= 0.6 is 0 Å². The second-order valence-electron chi connectivity index (χ2n) is 5.25. The van der Waals surface area contributed by atoms with Gasteiger partial charge in [0.15, 0.2) is 0 Å². The van der Waals surface area contributed by atoms with Crippen molar-refractivity contribution in [1.82, 2.24) is 10.6 Å². The van der Waals surface area contributed by atoms with Gasteiger partial charge in [-0.25, -0.2) is 0 Å². The van der Waals surface area contributed by atoms with E-state index in [0.29, 0.717) is 6.54 Å². The summed E-state index contributed by atoms with van der Waals surface area (Å²) in [5, 5.41) is 6.16. The lowest BCUT2D eigenvalue weighted by Gasteiger charge is -2.18. The number of hydrogen-bond acceptors (Lipinski definition) is 2. The van der Waals surface area contributed by atoms with E-state index in [2.05, 4.69) is 57.4 Å². The molecule has 0 saturated carbocycles. The summed E-state index contributed by atoms with van der Waals surface area (Å²) in [6, 6.07) is 4.61. The number of benzene rings is 1. The second kappa shape index (κ2) is 7.29. The van der Waals surface area contributed by atoms with Crippen LogP contribution in [0.1, 0.15) is 48.6 Å². The monoisotopic (exact) mass is 262 g/mol. The average Bonchev–Trinajstić information content (AvgIpc) is 2.37. The molecule has 0 heterocycles. The number of aryl methyl sites for hydroxylation is 3. The summed E-state index contributed by atoms with van der Waals surface area (Å²) in [5.41, 5.74) is 5.15. The van der Waals surface area contributed by atoms with E-state index in [9.17, 15) is 4.79 Å². The maximum Gasteiger partial charge on any atom is 0.233 e. The molecule has 3 heteroatoms. The quantitative estimate of drug-likeness (QED) is 0.827. The highest BCUT2D eigenvalue weighted by Crippen LogP contribution is 2.21. The van der Waals surface area contributed by atoms with Gasteiger partial charge in [0.1, 0.15) is 0 Å². The van der Waals surface area contributed by atoms with E-state index < -0.39 is 0 Å². The Hall–Kier alpha value is -1.35. The molecule has 1 aromatic carbocycles. The van der Waals surface area contributed by atoms with Gasteiger partial charge in [-0.05, 0) is 56.4 Å². The van der Waals surface area contributed by atoms with Crippen molar-refractivity contribution in [3.8, 4) is 0 Å². The molecule has 0 aliphatic carbocycles. The van der Waals surface area contributed by atoms with Gasteiger partial charge >= 0.3 is 0 Å². The van der Waals surface area contributed by atoms with E-state index in [4.69, 9.17) is 0 Å². The Morgan fingerprint density at radius 3 is 2.42 bits per heavy atom. The lowest BCUT2D eigenvalue weighted by Crippen LogP contribution is -2.35. The van der Waals surface area contributed by atoms with Crippen molar-refractivity contribution in [3.63, 3.8) is 0 Å². The van der Waals surface area contributed by atoms with Crippen molar-refractivity contribution in [2.75, 3.05) is 13.1 Å². The molecule has 106 valence electrons. The highest BCUT2D eigenvalue weighted by Gasteiger charge is 2.11. The molecule has 19 heavy (non-hydrogen) atoms. The Balaban J connectivity index is 2.61. The molecule has 0 saturated heterocycles. The van der Waals surface area contributed by atoms with Crippen molar-refractivity contribution >= 4 is 5.91 Å². The fraction of sp³-hybridized carbons (Fsp3) is 0.562. The zero-order valence-electron chi connectivity index (χ0n) is 12.8. The van der Waals surface area contributed by atoms with Crippen molar-refractivity contribution in [2.24, 2.45) is 0 Å². The zero-order valence-corrected chi connectivity index (χ0v) is 12.8. The van der Waals surface area contributed by atoms with E-state index in [1.807, 2.05) is 0 Å². The summed E-state index contributed by atoms with van der Waals surface area (Å²) >= 11 is 0. The number of nitrogens with one attached hydrogen (secondary N) is 2. The summed E-state index contributed by atoms with van der Waals surface area (Å²) in [6.45, 7) is 11.6. The fourth-order valence-electron chi connectivity index (χ4n) is 2.13. The van der Waals surface area contributed by atoms with Crippen molar-refractivity contribution < 1.29 is 4.79 Å². The van der Waals surface area contributed by atoms with Crippen molar-refractivity contribution in [2.45, 2.75) is 47.1 Å². The topological polar surface area (TPSA) is 41.1 Å². The van der Waals surface area contributed by atoms with Crippen LogP contribution in [0.3, 0.4) is 0 Å². The first-order chi connectivity index (χ1) is 8.95. The van der Waals surface area contributed by atoms with Crippen molar-refractivity contribution in [3.05, 3.63) is 34.4 Å². The first-order valence-corrected chi connectivity index (χ1v) is 7.03. The molecular weight excluding hydrogens is 236 g/mol. The highest BCUT2D eigenvalue weighted by atomic mass is 16.1. The van der Waals surface area contributed by atoms with Gasteiger partial charge in [-0.1, -0.05) is 19.1 Å². The van der Waals surface area contributed by atoms with Crippen LogP contribution < -0.4 is 10.6 Å². The van der Waals surface area contributed by atoms with Gasteiger partial charge in [0.25, 0.3) is 0 Å². The molecule has 1 rings (SSSR count). The Morgan fingerprint density at radius 1 is 1.16 bits per heavy atom. The smallest absolute Gasteiger partial charge is 0.233 e. The van der Waals surface area contributed by atoms with Crippen LogP contribution in [0.5, 0.6) is 0 Å². The summed E-state index contributed by atoms with van der Waals surface area (Å²) in [7, 11) is 0. The van der Waals surface area contributed by atoms with E-state index >= 15 is 0 Å². The van der Waals surface area contributed by atoms with E-state index in [1.165, 1.54) is 22.3 Å². The van der Waals surface area contributed by atoms with Crippen LogP contribution in [0.2, 0.25) is 0 Å². The molecule has 1 aromatic rings. The third kappa shape index (κ3) is 4.67. The van der Waals surface area contributed by atoms with Crippen LogP contribution in [0, 0.1) is 20.8 Å². The number of rotatable bonds is 6. The minimum Gasteiger partial charge on any atom is -0.355 e.